The Bertz CT molecular complexity index is 298. The Morgan fingerprint density at radius 3 is 3.00 bits per heavy atom. The minimum absolute atomic E-state index is 0.188. The van der Waals surface area contributed by atoms with Crippen molar-refractivity contribution < 1.29 is 15.0 Å². The van der Waals surface area contributed by atoms with Crippen LogP contribution >= 0.6 is 11.3 Å². The summed E-state index contributed by atoms with van der Waals surface area (Å²) in [4.78, 5) is 14.5. The third kappa shape index (κ3) is 3.00. The van der Waals surface area contributed by atoms with Gasteiger partial charge < -0.3 is 15.5 Å². The molecule has 1 unspecified atom stereocenters. The van der Waals surface area contributed by atoms with E-state index in [2.05, 4.69) is 10.3 Å². The second-order valence-corrected chi connectivity index (χ2v) is 3.60. The van der Waals surface area contributed by atoms with Crippen molar-refractivity contribution >= 4 is 22.4 Å². The fourth-order valence-corrected chi connectivity index (χ4v) is 1.35. The van der Waals surface area contributed by atoms with Gasteiger partial charge in [-0.3, -0.25) is 0 Å². The number of aliphatic hydroxyl groups is 1. The number of aromatic carboxylic acids is 1. The van der Waals surface area contributed by atoms with Crippen LogP contribution in [0.25, 0.3) is 0 Å². The Labute approximate surface area is 79.1 Å². The summed E-state index contributed by atoms with van der Waals surface area (Å²) >= 11 is 1.05. The van der Waals surface area contributed by atoms with Gasteiger partial charge in [0.1, 0.15) is 4.88 Å². The number of nitrogens with one attached hydrogen (secondary N) is 1. The Morgan fingerprint density at radius 1 is 1.85 bits per heavy atom. The van der Waals surface area contributed by atoms with Gasteiger partial charge in [-0.05, 0) is 6.92 Å². The molecule has 0 fully saturated rings. The maximum Gasteiger partial charge on any atom is 0.347 e. The number of nitrogens with zero attached hydrogens (tertiary/aromatic N) is 1. The molecule has 6 heteroatoms. The van der Waals surface area contributed by atoms with Crippen LogP contribution in [0.4, 0.5) is 5.13 Å². The standard InChI is InChI=1S/C7H10N2O3S/c1-4(10)2-8-7-9-3-5(13-7)6(11)12/h3-4,10H,2H2,1H3,(H,8,9)(H,11,12). The number of anilines is 1. The normalized spacial score (nSPS) is 12.5. The van der Waals surface area contributed by atoms with Crippen LogP contribution in [-0.4, -0.2) is 33.8 Å². The zero-order valence-corrected chi connectivity index (χ0v) is 7.84. The molecule has 13 heavy (non-hydrogen) atoms. The number of rotatable bonds is 4. The molecule has 72 valence electrons. The van der Waals surface area contributed by atoms with Crippen LogP contribution in [0, 0.1) is 0 Å². The van der Waals surface area contributed by atoms with Gasteiger partial charge in [0.2, 0.25) is 0 Å². The van der Waals surface area contributed by atoms with Crippen molar-refractivity contribution in [1.82, 2.24) is 4.98 Å². The Balaban J connectivity index is 2.54. The molecule has 0 aliphatic heterocycles. The van der Waals surface area contributed by atoms with Crippen molar-refractivity contribution in [2.24, 2.45) is 0 Å². The first-order valence-electron chi connectivity index (χ1n) is 3.70. The van der Waals surface area contributed by atoms with Gasteiger partial charge in [-0.1, -0.05) is 11.3 Å². The van der Waals surface area contributed by atoms with Gasteiger partial charge >= 0.3 is 5.97 Å². The topological polar surface area (TPSA) is 82.5 Å². The smallest absolute Gasteiger partial charge is 0.347 e. The van der Waals surface area contributed by atoms with Gasteiger partial charge in [0, 0.05) is 6.54 Å². The van der Waals surface area contributed by atoms with Crippen LogP contribution < -0.4 is 5.32 Å². The number of aliphatic hydroxyl groups excluding tert-OH is 1. The van der Waals surface area contributed by atoms with Gasteiger partial charge in [0.15, 0.2) is 5.13 Å². The maximum atomic E-state index is 10.4. The molecule has 0 radical (unpaired) electrons. The second kappa shape index (κ2) is 4.20. The SMILES string of the molecule is CC(O)CNc1ncc(C(=O)O)s1. The summed E-state index contributed by atoms with van der Waals surface area (Å²) in [6.07, 6.45) is 0.814. The minimum atomic E-state index is -0.984. The fraction of sp³-hybridized carbons (Fsp3) is 0.429. The summed E-state index contributed by atoms with van der Waals surface area (Å²) < 4.78 is 0. The van der Waals surface area contributed by atoms with Crippen LogP contribution in [-0.2, 0) is 0 Å². The van der Waals surface area contributed by atoms with E-state index in [1.807, 2.05) is 0 Å². The first-order valence-corrected chi connectivity index (χ1v) is 4.52. The fourth-order valence-electron chi connectivity index (χ4n) is 0.690. The molecule has 0 saturated carbocycles. The molecule has 1 heterocycles. The number of carboxylic acids is 1. The van der Waals surface area contributed by atoms with Gasteiger partial charge in [-0.25, -0.2) is 9.78 Å². The lowest BCUT2D eigenvalue weighted by molar-refractivity contribution is 0.0702. The zero-order chi connectivity index (χ0) is 9.84. The number of hydrogen-bond donors (Lipinski definition) is 3. The summed E-state index contributed by atoms with van der Waals surface area (Å²) in [6, 6.07) is 0. The van der Waals surface area contributed by atoms with Crippen LogP contribution in [0.2, 0.25) is 0 Å². The molecule has 0 aromatic carbocycles. The molecule has 1 rings (SSSR count). The lowest BCUT2D eigenvalue weighted by Gasteiger charge is -2.03. The van der Waals surface area contributed by atoms with E-state index >= 15 is 0 Å². The molecule has 0 aliphatic rings. The highest BCUT2D eigenvalue weighted by molar-refractivity contribution is 7.17. The van der Waals surface area contributed by atoms with Crippen LogP contribution in [0.5, 0.6) is 0 Å². The summed E-state index contributed by atoms with van der Waals surface area (Å²) in [5.41, 5.74) is 0. The molecule has 1 aromatic heterocycles. The molecule has 0 saturated heterocycles. The lowest BCUT2D eigenvalue weighted by Crippen LogP contribution is -2.14. The summed E-state index contributed by atoms with van der Waals surface area (Å²) in [5, 5.41) is 20.8. The van der Waals surface area contributed by atoms with Crippen molar-refractivity contribution in [3.63, 3.8) is 0 Å². The highest BCUT2D eigenvalue weighted by Gasteiger charge is 2.08. The van der Waals surface area contributed by atoms with E-state index in [1.54, 1.807) is 6.92 Å². The molecular weight excluding hydrogens is 192 g/mol. The predicted octanol–water partition coefficient (Wildman–Crippen LogP) is 0.634. The third-order valence-corrected chi connectivity index (χ3v) is 2.21. The van der Waals surface area contributed by atoms with Crippen molar-refractivity contribution in [1.29, 1.82) is 0 Å². The Hall–Kier alpha value is -1.14. The highest BCUT2D eigenvalue weighted by Crippen LogP contribution is 2.17. The molecule has 1 aromatic rings. The van der Waals surface area contributed by atoms with E-state index in [0.717, 1.165) is 11.3 Å². The quantitative estimate of drug-likeness (QED) is 0.667. The Kier molecular flexibility index (Phi) is 3.21. The zero-order valence-electron chi connectivity index (χ0n) is 7.02. The number of thiazole rings is 1. The first kappa shape index (κ1) is 9.94. The van der Waals surface area contributed by atoms with E-state index in [9.17, 15) is 4.79 Å². The molecule has 3 N–H and O–H groups in total. The number of hydrogen-bond acceptors (Lipinski definition) is 5. The minimum Gasteiger partial charge on any atom is -0.477 e. The van der Waals surface area contributed by atoms with Crippen LogP contribution in [0.15, 0.2) is 6.20 Å². The van der Waals surface area contributed by atoms with E-state index in [0.29, 0.717) is 11.7 Å². The van der Waals surface area contributed by atoms with Gasteiger partial charge in [-0.15, -0.1) is 0 Å². The van der Waals surface area contributed by atoms with Crippen molar-refractivity contribution in [2.75, 3.05) is 11.9 Å². The van der Waals surface area contributed by atoms with Crippen LogP contribution in [0.3, 0.4) is 0 Å². The summed E-state index contributed by atoms with van der Waals surface area (Å²) in [6.45, 7) is 2.01. The van der Waals surface area contributed by atoms with E-state index in [4.69, 9.17) is 10.2 Å². The molecule has 5 nitrogen and oxygen atoms in total. The lowest BCUT2D eigenvalue weighted by atomic mass is 10.4. The molecular formula is C7H10N2O3S. The molecule has 1 atom stereocenters. The number of carboxylic acid groups (broad SMARTS) is 1. The maximum absolute atomic E-state index is 10.4. The van der Waals surface area contributed by atoms with Crippen molar-refractivity contribution in [3.05, 3.63) is 11.1 Å². The van der Waals surface area contributed by atoms with Gasteiger partial charge in [0.05, 0.1) is 12.3 Å². The van der Waals surface area contributed by atoms with Crippen molar-refractivity contribution in [2.45, 2.75) is 13.0 Å². The molecule has 0 bridgehead atoms. The molecule has 0 spiro atoms. The summed E-state index contributed by atoms with van der Waals surface area (Å²) in [7, 11) is 0. The third-order valence-electron chi connectivity index (χ3n) is 1.27. The Morgan fingerprint density at radius 2 is 2.54 bits per heavy atom. The monoisotopic (exact) mass is 202 g/mol. The summed E-state index contributed by atoms with van der Waals surface area (Å²) in [5.74, 6) is -0.984. The average Bonchev–Trinajstić information content (AvgIpc) is 2.48. The largest absolute Gasteiger partial charge is 0.477 e. The van der Waals surface area contributed by atoms with Crippen LogP contribution in [0.1, 0.15) is 16.6 Å². The predicted molar refractivity (Wildman–Crippen MR) is 49.2 cm³/mol. The average molecular weight is 202 g/mol. The van der Waals surface area contributed by atoms with Gasteiger partial charge in [0.25, 0.3) is 0 Å². The first-order chi connectivity index (χ1) is 6.09. The molecule has 0 aliphatic carbocycles. The van der Waals surface area contributed by atoms with E-state index < -0.39 is 12.1 Å². The highest BCUT2D eigenvalue weighted by atomic mass is 32.1. The van der Waals surface area contributed by atoms with Crippen molar-refractivity contribution in [3.8, 4) is 0 Å². The number of aromatic nitrogens is 1. The van der Waals surface area contributed by atoms with E-state index in [-0.39, 0.29) is 4.88 Å². The second-order valence-electron chi connectivity index (χ2n) is 2.56. The molecule has 0 amide bonds. The van der Waals surface area contributed by atoms with E-state index in [1.165, 1.54) is 6.20 Å². The number of carbonyl (C=O) groups is 1. The van der Waals surface area contributed by atoms with Gasteiger partial charge in [-0.2, -0.15) is 0 Å².